The van der Waals surface area contributed by atoms with Crippen LogP contribution >= 0.6 is 23.1 Å². The van der Waals surface area contributed by atoms with E-state index in [0.717, 1.165) is 26.8 Å². The summed E-state index contributed by atoms with van der Waals surface area (Å²) in [6, 6.07) is 16.5. The lowest BCUT2D eigenvalue weighted by atomic mass is 10.2. The first-order valence-electron chi connectivity index (χ1n) is 9.92. The van der Waals surface area contributed by atoms with E-state index in [1.807, 2.05) is 18.2 Å². The highest BCUT2D eigenvalue weighted by molar-refractivity contribution is 8.01. The molecule has 5 nitrogen and oxygen atoms in total. The van der Waals surface area contributed by atoms with Gasteiger partial charge in [0.25, 0.3) is 0 Å². The third-order valence-corrected chi connectivity index (χ3v) is 9.22. The Labute approximate surface area is 190 Å². The number of benzene rings is 2. The van der Waals surface area contributed by atoms with E-state index in [0.29, 0.717) is 18.8 Å². The Balaban J connectivity index is 1.48. The van der Waals surface area contributed by atoms with Crippen LogP contribution in [0.15, 0.2) is 74.7 Å². The molecule has 0 amide bonds. The second-order valence-electron chi connectivity index (χ2n) is 7.18. The second-order valence-corrected chi connectivity index (χ2v) is 11.6. The van der Waals surface area contributed by atoms with Crippen LogP contribution in [0.4, 0.5) is 4.39 Å². The van der Waals surface area contributed by atoms with E-state index < -0.39 is 10.0 Å². The van der Waals surface area contributed by atoms with Gasteiger partial charge >= 0.3 is 0 Å². The zero-order valence-electron chi connectivity index (χ0n) is 16.7. The van der Waals surface area contributed by atoms with Crippen LogP contribution in [0, 0.1) is 5.82 Å². The Hall–Kier alpha value is -1.91. The Morgan fingerprint density at radius 2 is 1.97 bits per heavy atom. The van der Waals surface area contributed by atoms with Gasteiger partial charge < -0.3 is 10.5 Å². The molecule has 0 unspecified atom stereocenters. The highest BCUT2D eigenvalue weighted by atomic mass is 32.2. The normalized spacial score (nSPS) is 17.2. The fraction of sp³-hybridized carbons (Fsp3) is 0.273. The highest BCUT2D eigenvalue weighted by Gasteiger charge is 2.35. The predicted octanol–water partition coefficient (Wildman–Crippen LogP) is 4.73. The number of nitrogens with zero attached hydrogens (tertiary/aromatic N) is 1. The van der Waals surface area contributed by atoms with Crippen molar-refractivity contribution < 1.29 is 17.5 Å². The molecule has 2 N–H and O–H groups in total. The maximum Gasteiger partial charge on any atom is 0.243 e. The average molecular weight is 479 g/mol. The second kappa shape index (κ2) is 9.70. The van der Waals surface area contributed by atoms with Crippen LogP contribution in [0.2, 0.25) is 0 Å². The van der Waals surface area contributed by atoms with Crippen LogP contribution in [0.3, 0.4) is 0 Å². The first kappa shape index (κ1) is 22.3. The van der Waals surface area contributed by atoms with Crippen molar-refractivity contribution in [2.24, 2.45) is 5.73 Å². The molecule has 1 aliphatic heterocycles. The van der Waals surface area contributed by atoms with Gasteiger partial charge in [-0.2, -0.15) is 4.31 Å². The number of sulfonamides is 1. The molecule has 1 atom stereocenters. The standard InChI is InChI=1S/C22H23FN2O3S3/c23-16-6-8-18(9-7-16)28-15-17-3-2-12-25(17)31(26,27)21-5-1-4-19(13-21)29-22-11-10-20(14-24)30-22/h1,4-11,13,17H,2-3,12,14-15,24H2/t17-/m0/s1. The molecular weight excluding hydrogens is 455 g/mol. The topological polar surface area (TPSA) is 72.6 Å². The van der Waals surface area contributed by atoms with Gasteiger partial charge in [0.1, 0.15) is 18.2 Å². The maximum absolute atomic E-state index is 13.4. The summed E-state index contributed by atoms with van der Waals surface area (Å²) < 4.78 is 48.1. The van der Waals surface area contributed by atoms with Gasteiger partial charge in [0.05, 0.1) is 15.1 Å². The molecule has 2 heterocycles. The monoisotopic (exact) mass is 478 g/mol. The summed E-state index contributed by atoms with van der Waals surface area (Å²) in [5.74, 6) is 0.189. The van der Waals surface area contributed by atoms with Crippen molar-refractivity contribution in [1.29, 1.82) is 0 Å². The van der Waals surface area contributed by atoms with E-state index in [4.69, 9.17) is 10.5 Å². The van der Waals surface area contributed by atoms with Crippen molar-refractivity contribution in [2.75, 3.05) is 13.2 Å². The number of hydrogen-bond donors (Lipinski definition) is 1. The first-order valence-corrected chi connectivity index (χ1v) is 13.0. The van der Waals surface area contributed by atoms with E-state index in [-0.39, 0.29) is 23.4 Å². The average Bonchev–Trinajstić information content (AvgIpc) is 3.43. The van der Waals surface area contributed by atoms with E-state index >= 15 is 0 Å². The number of ether oxygens (including phenoxy) is 1. The Morgan fingerprint density at radius 1 is 1.16 bits per heavy atom. The summed E-state index contributed by atoms with van der Waals surface area (Å²) in [6.07, 6.45) is 1.51. The molecular formula is C22H23FN2O3S3. The van der Waals surface area contributed by atoms with Gasteiger partial charge in [-0.3, -0.25) is 0 Å². The lowest BCUT2D eigenvalue weighted by molar-refractivity contribution is 0.232. The molecule has 1 aromatic heterocycles. The van der Waals surface area contributed by atoms with Gasteiger partial charge in [-0.25, -0.2) is 12.8 Å². The van der Waals surface area contributed by atoms with E-state index in [1.54, 1.807) is 41.7 Å². The fourth-order valence-electron chi connectivity index (χ4n) is 3.49. The molecule has 0 saturated carbocycles. The molecule has 1 aliphatic rings. The highest BCUT2D eigenvalue weighted by Crippen LogP contribution is 2.35. The molecule has 0 bridgehead atoms. The van der Waals surface area contributed by atoms with Crippen LogP contribution < -0.4 is 10.5 Å². The largest absolute Gasteiger partial charge is 0.492 e. The van der Waals surface area contributed by atoms with Crippen molar-refractivity contribution in [3.63, 3.8) is 0 Å². The Kier molecular flexibility index (Phi) is 6.98. The summed E-state index contributed by atoms with van der Waals surface area (Å²) in [5, 5.41) is 0. The van der Waals surface area contributed by atoms with E-state index in [9.17, 15) is 12.8 Å². The summed E-state index contributed by atoms with van der Waals surface area (Å²) in [7, 11) is -3.65. The predicted molar refractivity (Wildman–Crippen MR) is 122 cm³/mol. The van der Waals surface area contributed by atoms with Crippen molar-refractivity contribution in [2.45, 2.75) is 39.4 Å². The summed E-state index contributed by atoms with van der Waals surface area (Å²) >= 11 is 3.14. The van der Waals surface area contributed by atoms with Crippen LogP contribution in [0.5, 0.6) is 5.75 Å². The van der Waals surface area contributed by atoms with Crippen molar-refractivity contribution in [1.82, 2.24) is 4.31 Å². The van der Waals surface area contributed by atoms with Gasteiger partial charge in [0, 0.05) is 22.9 Å². The molecule has 31 heavy (non-hydrogen) atoms. The summed E-state index contributed by atoms with van der Waals surface area (Å²) in [5.41, 5.74) is 5.68. The minimum Gasteiger partial charge on any atom is -0.492 e. The fourth-order valence-corrected chi connectivity index (χ4v) is 7.38. The zero-order valence-corrected chi connectivity index (χ0v) is 19.2. The SMILES string of the molecule is NCc1ccc(Sc2cccc(S(=O)(=O)N3CCC[C@H]3COc3ccc(F)cc3)c2)s1. The lowest BCUT2D eigenvalue weighted by Crippen LogP contribution is -2.39. The maximum atomic E-state index is 13.4. The molecule has 1 fully saturated rings. The molecule has 0 spiro atoms. The molecule has 4 rings (SSSR count). The molecule has 0 aliphatic carbocycles. The number of halogens is 1. The van der Waals surface area contributed by atoms with Gasteiger partial charge in [0.15, 0.2) is 0 Å². The van der Waals surface area contributed by atoms with Gasteiger partial charge in [-0.15, -0.1) is 11.3 Å². The van der Waals surface area contributed by atoms with Crippen LogP contribution in [-0.4, -0.2) is 31.9 Å². The lowest BCUT2D eigenvalue weighted by Gasteiger charge is -2.24. The Bertz CT molecular complexity index is 1130. The summed E-state index contributed by atoms with van der Waals surface area (Å²) in [4.78, 5) is 2.24. The van der Waals surface area contributed by atoms with E-state index in [1.165, 1.54) is 28.2 Å². The zero-order chi connectivity index (χ0) is 21.8. The third kappa shape index (κ3) is 5.30. The number of thiophene rings is 1. The first-order chi connectivity index (χ1) is 15.0. The summed E-state index contributed by atoms with van der Waals surface area (Å²) in [6.45, 7) is 1.19. The van der Waals surface area contributed by atoms with E-state index in [2.05, 4.69) is 0 Å². The molecule has 2 aromatic carbocycles. The number of hydrogen-bond acceptors (Lipinski definition) is 6. The van der Waals surface area contributed by atoms with Gasteiger partial charge in [-0.05, 0) is 67.4 Å². The quantitative estimate of drug-likeness (QED) is 0.507. The third-order valence-electron chi connectivity index (χ3n) is 5.05. The van der Waals surface area contributed by atoms with Crippen molar-refractivity contribution in [3.8, 4) is 5.75 Å². The molecule has 1 saturated heterocycles. The number of nitrogens with two attached hydrogens (primary N) is 1. The van der Waals surface area contributed by atoms with Crippen LogP contribution in [-0.2, 0) is 16.6 Å². The van der Waals surface area contributed by atoms with Crippen LogP contribution in [0.25, 0.3) is 0 Å². The number of rotatable bonds is 8. The van der Waals surface area contributed by atoms with Crippen LogP contribution in [0.1, 0.15) is 17.7 Å². The minimum atomic E-state index is -3.65. The molecule has 9 heteroatoms. The molecule has 164 valence electrons. The Morgan fingerprint density at radius 3 is 2.71 bits per heavy atom. The smallest absolute Gasteiger partial charge is 0.243 e. The molecule has 3 aromatic rings. The minimum absolute atomic E-state index is 0.233. The molecule has 0 radical (unpaired) electrons. The van der Waals surface area contributed by atoms with Gasteiger partial charge in [0.2, 0.25) is 10.0 Å². The van der Waals surface area contributed by atoms with Crippen molar-refractivity contribution in [3.05, 3.63) is 71.4 Å². The van der Waals surface area contributed by atoms with Crippen molar-refractivity contribution >= 4 is 33.1 Å². The van der Waals surface area contributed by atoms with Gasteiger partial charge in [-0.1, -0.05) is 17.8 Å².